The van der Waals surface area contributed by atoms with Gasteiger partial charge in [0.15, 0.2) is 0 Å². The molecule has 0 aromatic rings. The molecule has 2 atom stereocenters. The standard InChI is InChI=1S/C8H17N3O3/c9-7(8(10)12)4-11-3-6-5-13-1-2-14-6/h6-7,11H,1-5,9H2,(H2,10,12). The predicted octanol–water partition coefficient (Wildman–Crippen LogP) is -2.20. The first-order chi connectivity index (χ1) is 6.70. The zero-order chi connectivity index (χ0) is 10.4. The van der Waals surface area contributed by atoms with Gasteiger partial charge in [0.2, 0.25) is 5.91 Å². The summed E-state index contributed by atoms with van der Waals surface area (Å²) in [7, 11) is 0. The maximum Gasteiger partial charge on any atom is 0.235 e. The SMILES string of the molecule is NC(=O)C(N)CNCC1COCCO1. The van der Waals surface area contributed by atoms with Crippen LogP contribution in [0.4, 0.5) is 0 Å². The summed E-state index contributed by atoms with van der Waals surface area (Å²) in [6.45, 7) is 2.85. The first-order valence-electron chi connectivity index (χ1n) is 4.65. The van der Waals surface area contributed by atoms with Crippen molar-refractivity contribution in [3.8, 4) is 0 Å². The van der Waals surface area contributed by atoms with Crippen LogP contribution in [0.1, 0.15) is 0 Å². The highest BCUT2D eigenvalue weighted by Gasteiger charge is 2.15. The number of carbonyl (C=O) groups is 1. The van der Waals surface area contributed by atoms with Crippen molar-refractivity contribution in [1.29, 1.82) is 0 Å². The summed E-state index contributed by atoms with van der Waals surface area (Å²) < 4.78 is 10.6. The Kier molecular flexibility index (Phi) is 4.81. The summed E-state index contributed by atoms with van der Waals surface area (Å²) in [6, 6.07) is -0.639. The van der Waals surface area contributed by atoms with E-state index in [9.17, 15) is 4.79 Å². The van der Waals surface area contributed by atoms with Gasteiger partial charge in [-0.05, 0) is 0 Å². The van der Waals surface area contributed by atoms with Crippen LogP contribution in [0.5, 0.6) is 0 Å². The third kappa shape index (κ3) is 4.01. The number of hydrogen-bond acceptors (Lipinski definition) is 5. The number of amides is 1. The molecule has 1 rings (SSSR count). The lowest BCUT2D eigenvalue weighted by Gasteiger charge is -2.23. The Bertz CT molecular complexity index is 183. The van der Waals surface area contributed by atoms with E-state index in [1.807, 2.05) is 0 Å². The Balaban J connectivity index is 2.05. The van der Waals surface area contributed by atoms with Crippen LogP contribution in [-0.4, -0.2) is 51.0 Å². The van der Waals surface area contributed by atoms with Crippen molar-refractivity contribution in [2.45, 2.75) is 12.1 Å². The summed E-state index contributed by atoms with van der Waals surface area (Å²) in [5.74, 6) is -0.502. The lowest BCUT2D eigenvalue weighted by Crippen LogP contribution is -2.47. The van der Waals surface area contributed by atoms with Crippen molar-refractivity contribution < 1.29 is 14.3 Å². The number of rotatable bonds is 5. The highest BCUT2D eigenvalue weighted by molar-refractivity contribution is 5.79. The third-order valence-electron chi connectivity index (χ3n) is 1.99. The van der Waals surface area contributed by atoms with E-state index in [4.69, 9.17) is 20.9 Å². The summed E-state index contributed by atoms with van der Waals surface area (Å²) in [6.07, 6.45) is 0.0452. The fourth-order valence-electron chi connectivity index (χ4n) is 1.15. The van der Waals surface area contributed by atoms with Crippen LogP contribution in [0, 0.1) is 0 Å². The molecule has 1 aliphatic rings. The number of primary amides is 1. The van der Waals surface area contributed by atoms with Crippen LogP contribution < -0.4 is 16.8 Å². The summed E-state index contributed by atoms with van der Waals surface area (Å²) in [4.78, 5) is 10.6. The molecule has 1 heterocycles. The second-order valence-corrected chi connectivity index (χ2v) is 3.23. The Labute approximate surface area is 82.9 Å². The molecule has 1 amide bonds. The number of nitrogens with two attached hydrogens (primary N) is 2. The van der Waals surface area contributed by atoms with E-state index in [1.165, 1.54) is 0 Å². The fourth-order valence-corrected chi connectivity index (χ4v) is 1.15. The lowest BCUT2D eigenvalue weighted by atomic mass is 10.3. The molecule has 0 spiro atoms. The number of ether oxygens (including phenoxy) is 2. The molecule has 5 N–H and O–H groups in total. The number of hydrogen-bond donors (Lipinski definition) is 3. The average molecular weight is 203 g/mol. The van der Waals surface area contributed by atoms with Gasteiger partial charge in [-0.2, -0.15) is 0 Å². The zero-order valence-corrected chi connectivity index (χ0v) is 8.07. The van der Waals surface area contributed by atoms with Crippen LogP contribution in [0.2, 0.25) is 0 Å². The van der Waals surface area contributed by atoms with Crippen molar-refractivity contribution in [2.24, 2.45) is 11.5 Å². The Morgan fingerprint density at radius 3 is 2.93 bits per heavy atom. The maximum absolute atomic E-state index is 10.6. The van der Waals surface area contributed by atoms with Gasteiger partial charge in [-0.3, -0.25) is 4.79 Å². The monoisotopic (exact) mass is 203 g/mol. The lowest BCUT2D eigenvalue weighted by molar-refractivity contribution is -0.119. The van der Waals surface area contributed by atoms with Gasteiger partial charge in [0.05, 0.1) is 32.0 Å². The molecule has 14 heavy (non-hydrogen) atoms. The van der Waals surface area contributed by atoms with Gasteiger partial charge in [-0.25, -0.2) is 0 Å². The van der Waals surface area contributed by atoms with E-state index in [0.29, 0.717) is 32.9 Å². The second-order valence-electron chi connectivity index (χ2n) is 3.23. The van der Waals surface area contributed by atoms with Crippen LogP contribution in [0.3, 0.4) is 0 Å². The molecular formula is C8H17N3O3. The summed E-state index contributed by atoms with van der Waals surface area (Å²) >= 11 is 0. The fraction of sp³-hybridized carbons (Fsp3) is 0.875. The molecule has 0 aliphatic carbocycles. The van der Waals surface area contributed by atoms with Gasteiger partial charge in [-0.1, -0.05) is 0 Å². The molecule has 82 valence electrons. The quantitative estimate of drug-likeness (QED) is 0.471. The molecule has 1 aliphatic heterocycles. The topological polar surface area (TPSA) is 99.6 Å². The van der Waals surface area contributed by atoms with E-state index < -0.39 is 11.9 Å². The van der Waals surface area contributed by atoms with Crippen LogP contribution >= 0.6 is 0 Å². The van der Waals surface area contributed by atoms with Gasteiger partial charge in [0.1, 0.15) is 0 Å². The molecule has 0 aromatic heterocycles. The van der Waals surface area contributed by atoms with Gasteiger partial charge in [-0.15, -0.1) is 0 Å². The van der Waals surface area contributed by atoms with E-state index in [2.05, 4.69) is 5.32 Å². The van der Waals surface area contributed by atoms with Crippen molar-refractivity contribution >= 4 is 5.91 Å². The summed E-state index contributed by atoms with van der Waals surface area (Å²) in [5, 5.41) is 3.01. The molecule has 0 radical (unpaired) electrons. The molecular weight excluding hydrogens is 186 g/mol. The Morgan fingerprint density at radius 1 is 1.57 bits per heavy atom. The van der Waals surface area contributed by atoms with Gasteiger partial charge >= 0.3 is 0 Å². The average Bonchev–Trinajstić information content (AvgIpc) is 2.19. The maximum atomic E-state index is 10.6. The zero-order valence-electron chi connectivity index (χ0n) is 8.07. The summed E-state index contributed by atoms with van der Waals surface area (Å²) in [5.41, 5.74) is 10.4. The van der Waals surface area contributed by atoms with Crippen molar-refractivity contribution in [2.75, 3.05) is 32.9 Å². The molecule has 0 aromatic carbocycles. The van der Waals surface area contributed by atoms with Gasteiger partial charge in [0.25, 0.3) is 0 Å². The van der Waals surface area contributed by atoms with Gasteiger partial charge in [0, 0.05) is 13.1 Å². The second kappa shape index (κ2) is 5.92. The first-order valence-corrected chi connectivity index (χ1v) is 4.65. The van der Waals surface area contributed by atoms with E-state index in [0.717, 1.165) is 0 Å². The first kappa shape index (κ1) is 11.4. The number of nitrogens with one attached hydrogen (secondary N) is 1. The minimum absolute atomic E-state index is 0.0452. The molecule has 0 saturated carbocycles. The highest BCUT2D eigenvalue weighted by Crippen LogP contribution is 1.98. The van der Waals surface area contributed by atoms with Crippen molar-refractivity contribution in [3.05, 3.63) is 0 Å². The molecule has 0 bridgehead atoms. The smallest absolute Gasteiger partial charge is 0.235 e. The van der Waals surface area contributed by atoms with E-state index in [-0.39, 0.29) is 6.10 Å². The highest BCUT2D eigenvalue weighted by atomic mass is 16.6. The molecule has 6 nitrogen and oxygen atoms in total. The van der Waals surface area contributed by atoms with Gasteiger partial charge < -0.3 is 26.3 Å². The number of carbonyl (C=O) groups excluding carboxylic acids is 1. The van der Waals surface area contributed by atoms with Crippen LogP contribution in [-0.2, 0) is 14.3 Å². The third-order valence-corrected chi connectivity index (χ3v) is 1.99. The van der Waals surface area contributed by atoms with E-state index >= 15 is 0 Å². The van der Waals surface area contributed by atoms with E-state index in [1.54, 1.807) is 0 Å². The van der Waals surface area contributed by atoms with Crippen molar-refractivity contribution in [3.63, 3.8) is 0 Å². The van der Waals surface area contributed by atoms with Crippen LogP contribution in [0.25, 0.3) is 0 Å². The Morgan fingerprint density at radius 2 is 2.36 bits per heavy atom. The molecule has 6 heteroatoms. The minimum atomic E-state index is -0.639. The van der Waals surface area contributed by atoms with Crippen LogP contribution in [0.15, 0.2) is 0 Å². The minimum Gasteiger partial charge on any atom is -0.376 e. The molecule has 2 unspecified atom stereocenters. The normalized spacial score (nSPS) is 24.5. The predicted molar refractivity (Wildman–Crippen MR) is 50.6 cm³/mol. The largest absolute Gasteiger partial charge is 0.376 e. The molecule has 1 fully saturated rings. The Hall–Kier alpha value is -0.690. The molecule has 1 saturated heterocycles. The van der Waals surface area contributed by atoms with Crippen molar-refractivity contribution in [1.82, 2.24) is 5.32 Å².